The van der Waals surface area contributed by atoms with Crippen molar-refractivity contribution in [2.24, 2.45) is 0 Å². The number of rotatable bonds is 7. The molecule has 18 heavy (non-hydrogen) atoms. The average Bonchev–Trinajstić information content (AvgIpc) is 2.32. The molecule has 0 aliphatic carbocycles. The SMILES string of the molecule is CCCCCC(C)NC(=O)Cc1ccc(N)cc1. The molecule has 0 aliphatic rings. The van der Waals surface area contributed by atoms with Crippen LogP contribution in [-0.2, 0) is 11.2 Å². The van der Waals surface area contributed by atoms with Gasteiger partial charge in [0.1, 0.15) is 0 Å². The highest BCUT2D eigenvalue weighted by molar-refractivity contribution is 5.78. The van der Waals surface area contributed by atoms with Gasteiger partial charge in [0.2, 0.25) is 5.91 Å². The van der Waals surface area contributed by atoms with Crippen LogP contribution >= 0.6 is 0 Å². The third-order valence-electron chi connectivity index (χ3n) is 2.99. The number of carbonyl (C=O) groups is 1. The number of nitrogens with two attached hydrogens (primary N) is 1. The molecular weight excluding hydrogens is 224 g/mol. The minimum absolute atomic E-state index is 0.0868. The molecule has 1 aromatic rings. The monoisotopic (exact) mass is 248 g/mol. The Labute approximate surface area is 110 Å². The normalized spacial score (nSPS) is 12.1. The summed E-state index contributed by atoms with van der Waals surface area (Å²) in [5.74, 6) is 0.0868. The second kappa shape index (κ2) is 7.75. The summed E-state index contributed by atoms with van der Waals surface area (Å²) in [6, 6.07) is 7.71. The van der Waals surface area contributed by atoms with Crippen LogP contribution in [0.3, 0.4) is 0 Å². The van der Waals surface area contributed by atoms with Gasteiger partial charge in [-0.25, -0.2) is 0 Å². The number of hydrogen-bond acceptors (Lipinski definition) is 2. The van der Waals surface area contributed by atoms with Crippen LogP contribution in [0.25, 0.3) is 0 Å². The molecule has 0 saturated carbocycles. The molecule has 0 saturated heterocycles. The topological polar surface area (TPSA) is 55.1 Å². The van der Waals surface area contributed by atoms with Crippen molar-refractivity contribution in [1.82, 2.24) is 5.32 Å². The van der Waals surface area contributed by atoms with E-state index in [0.29, 0.717) is 6.42 Å². The van der Waals surface area contributed by atoms with Gasteiger partial charge in [-0.1, -0.05) is 38.3 Å². The third-order valence-corrected chi connectivity index (χ3v) is 2.99. The summed E-state index contributed by atoms with van der Waals surface area (Å²) in [6.45, 7) is 4.25. The first-order valence-corrected chi connectivity index (χ1v) is 6.75. The molecule has 1 aromatic carbocycles. The van der Waals surface area contributed by atoms with Crippen LogP contribution in [0.5, 0.6) is 0 Å². The number of amides is 1. The van der Waals surface area contributed by atoms with Gasteiger partial charge in [-0.3, -0.25) is 4.79 Å². The molecule has 3 N–H and O–H groups in total. The van der Waals surface area contributed by atoms with Crippen LogP contribution in [0.1, 0.15) is 45.1 Å². The summed E-state index contributed by atoms with van der Waals surface area (Å²) in [5, 5.41) is 3.03. The Bertz CT molecular complexity index is 359. The Hall–Kier alpha value is -1.51. The van der Waals surface area contributed by atoms with Crippen LogP contribution in [-0.4, -0.2) is 11.9 Å². The van der Waals surface area contributed by atoms with Crippen molar-refractivity contribution in [2.45, 2.75) is 52.0 Å². The molecule has 3 heteroatoms. The van der Waals surface area contributed by atoms with Crippen molar-refractivity contribution < 1.29 is 4.79 Å². The maximum absolute atomic E-state index is 11.8. The van der Waals surface area contributed by atoms with Gasteiger partial charge >= 0.3 is 0 Å². The average molecular weight is 248 g/mol. The van der Waals surface area contributed by atoms with Crippen molar-refractivity contribution in [3.8, 4) is 0 Å². The Morgan fingerprint density at radius 1 is 1.28 bits per heavy atom. The van der Waals surface area contributed by atoms with Crippen molar-refractivity contribution in [3.63, 3.8) is 0 Å². The summed E-state index contributed by atoms with van der Waals surface area (Å²) >= 11 is 0. The maximum Gasteiger partial charge on any atom is 0.224 e. The van der Waals surface area contributed by atoms with Gasteiger partial charge < -0.3 is 11.1 Å². The lowest BCUT2D eigenvalue weighted by atomic mass is 10.1. The third kappa shape index (κ3) is 5.71. The van der Waals surface area contributed by atoms with Crippen molar-refractivity contribution in [1.29, 1.82) is 0 Å². The second-order valence-corrected chi connectivity index (χ2v) is 4.88. The minimum atomic E-state index is 0.0868. The molecule has 100 valence electrons. The maximum atomic E-state index is 11.8. The van der Waals surface area contributed by atoms with E-state index in [1.807, 2.05) is 24.3 Å². The lowest BCUT2D eigenvalue weighted by Gasteiger charge is -2.13. The zero-order chi connectivity index (χ0) is 13.4. The van der Waals surface area contributed by atoms with E-state index in [0.717, 1.165) is 17.7 Å². The van der Waals surface area contributed by atoms with Crippen molar-refractivity contribution in [3.05, 3.63) is 29.8 Å². The number of hydrogen-bond donors (Lipinski definition) is 2. The highest BCUT2D eigenvalue weighted by atomic mass is 16.1. The molecule has 1 unspecified atom stereocenters. The molecule has 1 rings (SSSR count). The van der Waals surface area contributed by atoms with E-state index in [1.54, 1.807) is 0 Å². The summed E-state index contributed by atoms with van der Waals surface area (Å²) < 4.78 is 0. The quantitative estimate of drug-likeness (QED) is 0.576. The Balaban J connectivity index is 2.30. The molecule has 0 aliphatic heterocycles. The molecule has 1 amide bonds. The van der Waals surface area contributed by atoms with Crippen LogP contribution in [0.4, 0.5) is 5.69 Å². The summed E-state index contributed by atoms with van der Waals surface area (Å²) in [7, 11) is 0. The van der Waals surface area contributed by atoms with Crippen LogP contribution in [0, 0.1) is 0 Å². The highest BCUT2D eigenvalue weighted by Crippen LogP contribution is 2.07. The lowest BCUT2D eigenvalue weighted by Crippen LogP contribution is -2.33. The van der Waals surface area contributed by atoms with E-state index >= 15 is 0 Å². The standard InChI is InChI=1S/C15H24N2O/c1-3-4-5-6-12(2)17-15(18)11-13-7-9-14(16)10-8-13/h7-10,12H,3-6,11,16H2,1-2H3,(H,17,18). The Kier molecular flexibility index (Phi) is 6.26. The van der Waals surface area contributed by atoms with E-state index in [1.165, 1.54) is 19.3 Å². The molecule has 3 nitrogen and oxygen atoms in total. The largest absolute Gasteiger partial charge is 0.399 e. The summed E-state index contributed by atoms with van der Waals surface area (Å²) in [6.07, 6.45) is 5.11. The van der Waals surface area contributed by atoms with Gasteiger partial charge in [0.05, 0.1) is 6.42 Å². The zero-order valence-electron chi connectivity index (χ0n) is 11.4. The first-order valence-electron chi connectivity index (χ1n) is 6.75. The molecule has 0 spiro atoms. The van der Waals surface area contributed by atoms with E-state index in [9.17, 15) is 4.79 Å². The van der Waals surface area contributed by atoms with E-state index in [-0.39, 0.29) is 11.9 Å². The number of carbonyl (C=O) groups excluding carboxylic acids is 1. The summed E-state index contributed by atoms with van der Waals surface area (Å²) in [4.78, 5) is 11.8. The number of unbranched alkanes of at least 4 members (excludes halogenated alkanes) is 2. The molecule has 1 atom stereocenters. The Morgan fingerprint density at radius 3 is 2.56 bits per heavy atom. The lowest BCUT2D eigenvalue weighted by molar-refractivity contribution is -0.121. The first kappa shape index (κ1) is 14.6. The predicted octanol–water partition coefficient (Wildman–Crippen LogP) is 2.90. The van der Waals surface area contributed by atoms with Gasteiger partial charge in [0, 0.05) is 11.7 Å². The first-order chi connectivity index (χ1) is 8.61. The molecular formula is C15H24N2O. The van der Waals surface area contributed by atoms with Crippen LogP contribution in [0.2, 0.25) is 0 Å². The van der Waals surface area contributed by atoms with Crippen LogP contribution < -0.4 is 11.1 Å². The number of nitrogens with one attached hydrogen (secondary N) is 1. The molecule has 0 aromatic heterocycles. The van der Waals surface area contributed by atoms with Gasteiger partial charge in [-0.15, -0.1) is 0 Å². The van der Waals surface area contributed by atoms with Crippen LogP contribution in [0.15, 0.2) is 24.3 Å². The van der Waals surface area contributed by atoms with Crippen molar-refractivity contribution >= 4 is 11.6 Å². The molecule has 0 radical (unpaired) electrons. The molecule has 0 bridgehead atoms. The van der Waals surface area contributed by atoms with Crippen molar-refractivity contribution in [2.75, 3.05) is 5.73 Å². The fourth-order valence-corrected chi connectivity index (χ4v) is 1.92. The number of benzene rings is 1. The summed E-state index contributed by atoms with van der Waals surface area (Å²) in [5.41, 5.74) is 7.34. The second-order valence-electron chi connectivity index (χ2n) is 4.88. The minimum Gasteiger partial charge on any atom is -0.399 e. The van der Waals surface area contributed by atoms with Gasteiger partial charge in [-0.05, 0) is 31.0 Å². The van der Waals surface area contributed by atoms with E-state index < -0.39 is 0 Å². The Morgan fingerprint density at radius 2 is 1.94 bits per heavy atom. The fraction of sp³-hybridized carbons (Fsp3) is 0.533. The molecule has 0 heterocycles. The van der Waals surface area contributed by atoms with E-state index in [2.05, 4.69) is 19.2 Å². The van der Waals surface area contributed by atoms with E-state index in [4.69, 9.17) is 5.73 Å². The van der Waals surface area contributed by atoms with Gasteiger partial charge in [0.15, 0.2) is 0 Å². The van der Waals surface area contributed by atoms with Gasteiger partial charge in [-0.2, -0.15) is 0 Å². The molecule has 0 fully saturated rings. The smallest absolute Gasteiger partial charge is 0.224 e. The fourth-order valence-electron chi connectivity index (χ4n) is 1.92. The number of anilines is 1. The van der Waals surface area contributed by atoms with Gasteiger partial charge in [0.25, 0.3) is 0 Å². The number of nitrogen functional groups attached to an aromatic ring is 1. The zero-order valence-corrected chi connectivity index (χ0v) is 11.4. The predicted molar refractivity (Wildman–Crippen MR) is 76.3 cm³/mol. The highest BCUT2D eigenvalue weighted by Gasteiger charge is 2.07.